The molecule has 1 saturated carbocycles. The number of fused-ring (bicyclic) bond motifs is 2. The molecule has 1 N–H and O–H groups in total. The number of carbonyl (C=O) groups is 1. The van der Waals surface area contributed by atoms with Gasteiger partial charge < -0.3 is 5.11 Å². The Labute approximate surface area is 329 Å². The third-order valence-electron chi connectivity index (χ3n) is 11.0. The van der Waals surface area contributed by atoms with Gasteiger partial charge in [-0.05, 0) is 84.5 Å². The molecular formula is C48H66IrNO2-. The Kier molecular flexibility index (Phi) is 15.5. The monoisotopic (exact) mass is 881 g/mol. The maximum atomic E-state index is 12.3. The zero-order chi connectivity index (χ0) is 37.8. The van der Waals surface area contributed by atoms with Crippen molar-refractivity contribution in [1.82, 2.24) is 4.98 Å². The Morgan fingerprint density at radius 1 is 0.827 bits per heavy atom. The molecule has 0 aliphatic heterocycles. The van der Waals surface area contributed by atoms with E-state index in [4.69, 9.17) is 4.98 Å². The number of allylic oxidation sites excluding steroid dienone is 2. The van der Waals surface area contributed by atoms with Gasteiger partial charge in [0, 0.05) is 49.1 Å². The van der Waals surface area contributed by atoms with Crippen molar-refractivity contribution in [2.45, 2.75) is 133 Å². The molecule has 0 amide bonds. The van der Waals surface area contributed by atoms with E-state index in [1.807, 2.05) is 0 Å². The number of carbonyl (C=O) groups excluding carboxylic acids is 1. The normalized spacial score (nSPS) is 14.6. The van der Waals surface area contributed by atoms with Crippen LogP contribution < -0.4 is 0 Å². The average Bonchev–Trinajstić information content (AvgIpc) is 3.03. The van der Waals surface area contributed by atoms with Crippen molar-refractivity contribution in [2.75, 3.05) is 0 Å². The topological polar surface area (TPSA) is 50.2 Å². The van der Waals surface area contributed by atoms with E-state index in [2.05, 4.69) is 145 Å². The molecule has 3 aromatic carbocycles. The Balaban J connectivity index is 0.000000317. The van der Waals surface area contributed by atoms with Gasteiger partial charge in [0.05, 0.1) is 11.3 Å². The van der Waals surface area contributed by atoms with Crippen molar-refractivity contribution in [3.63, 3.8) is 0 Å². The zero-order valence-corrected chi connectivity index (χ0v) is 36.8. The molecule has 1 aliphatic carbocycles. The molecule has 0 atom stereocenters. The van der Waals surface area contributed by atoms with Crippen molar-refractivity contribution in [3.8, 4) is 11.3 Å². The molecule has 0 spiro atoms. The minimum Gasteiger partial charge on any atom is -0.512 e. The number of pyridine rings is 1. The van der Waals surface area contributed by atoms with E-state index < -0.39 is 0 Å². The molecule has 0 saturated heterocycles. The Bertz CT molecular complexity index is 1820. The van der Waals surface area contributed by atoms with Crippen LogP contribution in [-0.2, 0) is 30.3 Å². The Hall–Kier alpha value is -2.81. The molecular weight excluding hydrogens is 815 g/mol. The van der Waals surface area contributed by atoms with Crippen LogP contribution in [0.1, 0.15) is 136 Å². The number of aliphatic hydroxyl groups is 1. The summed E-state index contributed by atoms with van der Waals surface area (Å²) in [7, 11) is 0. The van der Waals surface area contributed by atoms with E-state index in [-0.39, 0.29) is 48.9 Å². The van der Waals surface area contributed by atoms with Crippen molar-refractivity contribution >= 4 is 27.5 Å². The molecule has 1 radical (unpaired) electrons. The van der Waals surface area contributed by atoms with Crippen LogP contribution in [0.4, 0.5) is 0 Å². The Morgan fingerprint density at radius 3 is 1.96 bits per heavy atom. The second kappa shape index (κ2) is 18.5. The summed E-state index contributed by atoms with van der Waals surface area (Å²) in [5.41, 5.74) is 8.89. The number of rotatable bonds is 9. The molecule has 4 aromatic rings. The van der Waals surface area contributed by atoms with E-state index in [0.29, 0.717) is 29.6 Å². The summed E-state index contributed by atoms with van der Waals surface area (Å²) in [6.07, 6.45) is 8.12. The minimum absolute atomic E-state index is 0. The van der Waals surface area contributed by atoms with Gasteiger partial charge in [-0.3, -0.25) is 9.78 Å². The van der Waals surface area contributed by atoms with Crippen LogP contribution in [0.5, 0.6) is 0 Å². The van der Waals surface area contributed by atoms with Crippen molar-refractivity contribution in [1.29, 1.82) is 0 Å². The van der Waals surface area contributed by atoms with E-state index >= 15 is 0 Å². The van der Waals surface area contributed by atoms with Crippen LogP contribution in [0.15, 0.2) is 60.4 Å². The summed E-state index contributed by atoms with van der Waals surface area (Å²) in [5, 5.41) is 14.1. The molecule has 285 valence electrons. The van der Waals surface area contributed by atoms with Gasteiger partial charge in [-0.15, -0.1) is 29.1 Å². The first-order valence-electron chi connectivity index (χ1n) is 19.7. The van der Waals surface area contributed by atoms with Gasteiger partial charge in [-0.25, -0.2) is 0 Å². The van der Waals surface area contributed by atoms with Gasteiger partial charge in [0.2, 0.25) is 0 Å². The standard InChI is InChI=1S/C31H34N.C17H32O2.Ir/c1-20-15-21(2)30-26(22-11-7-6-8-12-22)19-28(32-29(30)16-20)24-17-23-13-9-10-14-25(23)27(18-24)31(3,4)5;1-10(2)16(11(3)4)14(18)9-15(19)17(12(5)6)13(7)8;/h9-10,13-16,18-19,22H,6-8,11-12H2,1-5H3;9-13,16-18H,1-8H3;/q-1;;/b;14-9-;. The molecule has 4 heteroatoms. The zero-order valence-electron chi connectivity index (χ0n) is 34.4. The molecule has 1 aromatic heterocycles. The summed E-state index contributed by atoms with van der Waals surface area (Å²) in [6, 6.07) is 21.7. The second-order valence-corrected chi connectivity index (χ2v) is 17.8. The fourth-order valence-electron chi connectivity index (χ4n) is 8.87. The number of aromatic nitrogens is 1. The van der Waals surface area contributed by atoms with Crippen LogP contribution in [0, 0.1) is 55.4 Å². The van der Waals surface area contributed by atoms with E-state index in [1.165, 1.54) is 76.6 Å². The Morgan fingerprint density at radius 2 is 1.40 bits per heavy atom. The molecule has 3 nitrogen and oxygen atoms in total. The number of ketones is 1. The number of aliphatic hydroxyl groups excluding tert-OH is 1. The molecule has 5 rings (SSSR count). The van der Waals surface area contributed by atoms with Gasteiger partial charge in [-0.2, -0.15) is 0 Å². The molecule has 0 unspecified atom stereocenters. The van der Waals surface area contributed by atoms with Gasteiger partial charge in [0.1, 0.15) is 0 Å². The first-order chi connectivity index (χ1) is 23.9. The maximum Gasteiger partial charge on any atom is 0.162 e. The third kappa shape index (κ3) is 10.4. The van der Waals surface area contributed by atoms with Gasteiger partial charge >= 0.3 is 0 Å². The predicted molar refractivity (Wildman–Crippen MR) is 220 cm³/mol. The van der Waals surface area contributed by atoms with Crippen LogP contribution in [-0.4, -0.2) is 15.9 Å². The van der Waals surface area contributed by atoms with Gasteiger partial charge in [-0.1, -0.05) is 137 Å². The second-order valence-electron chi connectivity index (χ2n) is 17.8. The number of hydrogen-bond donors (Lipinski definition) is 1. The molecule has 1 fully saturated rings. The summed E-state index contributed by atoms with van der Waals surface area (Å²) in [4.78, 5) is 17.6. The number of hydrogen-bond acceptors (Lipinski definition) is 3. The molecule has 1 heterocycles. The molecule has 52 heavy (non-hydrogen) atoms. The fourth-order valence-corrected chi connectivity index (χ4v) is 8.87. The largest absolute Gasteiger partial charge is 0.512 e. The first kappa shape index (κ1) is 43.6. The quantitative estimate of drug-likeness (QED) is 0.104. The third-order valence-corrected chi connectivity index (χ3v) is 11.0. The van der Waals surface area contributed by atoms with Crippen LogP contribution >= 0.6 is 0 Å². The van der Waals surface area contributed by atoms with Crippen molar-refractivity contribution in [3.05, 3.63) is 88.7 Å². The van der Waals surface area contributed by atoms with Crippen molar-refractivity contribution in [2.24, 2.45) is 35.5 Å². The first-order valence-corrected chi connectivity index (χ1v) is 19.7. The summed E-state index contributed by atoms with van der Waals surface area (Å²) in [6.45, 7) is 27.9. The van der Waals surface area contributed by atoms with E-state index in [0.717, 1.165) is 16.8 Å². The van der Waals surface area contributed by atoms with Gasteiger partial charge in [0.15, 0.2) is 5.78 Å². The van der Waals surface area contributed by atoms with E-state index in [9.17, 15) is 9.90 Å². The number of aryl methyl sites for hydroxylation is 2. The summed E-state index contributed by atoms with van der Waals surface area (Å²) >= 11 is 0. The molecule has 1 aliphatic rings. The van der Waals surface area contributed by atoms with Crippen LogP contribution in [0.25, 0.3) is 32.9 Å². The predicted octanol–water partition coefficient (Wildman–Crippen LogP) is 13.7. The maximum absolute atomic E-state index is 12.3. The van der Waals surface area contributed by atoms with E-state index in [1.54, 1.807) is 0 Å². The summed E-state index contributed by atoms with van der Waals surface area (Å²) < 4.78 is 0. The fraction of sp³-hybridized carbons (Fsp3) is 0.542. The van der Waals surface area contributed by atoms with Crippen LogP contribution in [0.2, 0.25) is 0 Å². The smallest absolute Gasteiger partial charge is 0.162 e. The SMILES string of the molecule is CC(C)C(C(=O)/C=C(\O)C(C(C)C)C(C)C)C(C)C.Cc1cc(C)c2c(C3CCCCC3)cc(-c3[c-]c4ccccc4c(C(C)(C)C)c3)nc2c1.[Ir]. The average molecular weight is 881 g/mol. The number of benzene rings is 3. The summed E-state index contributed by atoms with van der Waals surface area (Å²) in [5.74, 6) is 2.26. The minimum atomic E-state index is -0.0119. The van der Waals surface area contributed by atoms with Crippen LogP contribution in [0.3, 0.4) is 0 Å². The number of nitrogens with zero attached hydrogens (tertiary/aromatic N) is 1. The van der Waals surface area contributed by atoms with Gasteiger partial charge in [0.25, 0.3) is 0 Å². The molecule has 0 bridgehead atoms. The van der Waals surface area contributed by atoms with Crippen molar-refractivity contribution < 1.29 is 30.0 Å².